The average molecular weight is 271 g/mol. The van der Waals surface area contributed by atoms with Crippen molar-refractivity contribution in [3.8, 4) is 0 Å². The quantitative estimate of drug-likeness (QED) is 0.804. The molecule has 0 aliphatic heterocycles. The fourth-order valence-corrected chi connectivity index (χ4v) is 1.57. The van der Waals surface area contributed by atoms with Gasteiger partial charge >= 0.3 is 0 Å². The molecule has 0 saturated carbocycles. The molecule has 0 aliphatic rings. The van der Waals surface area contributed by atoms with Gasteiger partial charge in [0.2, 0.25) is 5.91 Å². The van der Waals surface area contributed by atoms with Crippen LogP contribution in [0.3, 0.4) is 0 Å². The number of rotatable bonds is 5. The molecule has 2 N–H and O–H groups in total. The minimum atomic E-state index is 0.0367. The van der Waals surface area contributed by atoms with Gasteiger partial charge in [-0.3, -0.25) is 10.2 Å². The van der Waals surface area contributed by atoms with E-state index in [-0.39, 0.29) is 5.91 Å². The fourth-order valence-electron chi connectivity index (χ4n) is 1.31. The van der Waals surface area contributed by atoms with Crippen molar-refractivity contribution >= 4 is 21.8 Å². The number of hydrogen-bond donors (Lipinski definition) is 2. The third-order valence-electron chi connectivity index (χ3n) is 2.05. The first-order chi connectivity index (χ1) is 7.22. The Bertz CT molecular complexity index is 311. The lowest BCUT2D eigenvalue weighted by molar-refractivity contribution is -0.122. The number of halogens is 1. The third kappa shape index (κ3) is 4.95. The number of nitrogens with one attached hydrogen (secondary N) is 2. The zero-order chi connectivity index (χ0) is 11.1. The van der Waals surface area contributed by atoms with Crippen molar-refractivity contribution < 1.29 is 4.79 Å². The largest absolute Gasteiger partial charge is 0.292 e. The predicted molar refractivity (Wildman–Crippen MR) is 64.3 cm³/mol. The van der Waals surface area contributed by atoms with E-state index >= 15 is 0 Å². The molecular formula is C11H15BrN2O. The molecule has 0 aromatic heterocycles. The van der Waals surface area contributed by atoms with Crippen molar-refractivity contribution in [3.63, 3.8) is 0 Å². The second-order valence-electron chi connectivity index (χ2n) is 3.28. The van der Waals surface area contributed by atoms with Gasteiger partial charge in [0.1, 0.15) is 0 Å². The molecule has 0 bridgehead atoms. The van der Waals surface area contributed by atoms with Crippen molar-refractivity contribution in [3.05, 3.63) is 34.3 Å². The highest BCUT2D eigenvalue weighted by molar-refractivity contribution is 9.10. The van der Waals surface area contributed by atoms with Crippen LogP contribution >= 0.6 is 15.9 Å². The molecule has 1 aromatic rings. The Morgan fingerprint density at radius 3 is 2.60 bits per heavy atom. The number of carbonyl (C=O) groups is 1. The van der Waals surface area contributed by atoms with Crippen molar-refractivity contribution in [1.82, 2.24) is 10.9 Å². The van der Waals surface area contributed by atoms with Crippen LogP contribution in [0.4, 0.5) is 0 Å². The first-order valence-corrected chi connectivity index (χ1v) is 5.71. The molecule has 0 saturated heterocycles. The topological polar surface area (TPSA) is 41.1 Å². The van der Waals surface area contributed by atoms with Gasteiger partial charge < -0.3 is 0 Å². The van der Waals surface area contributed by atoms with Crippen LogP contribution < -0.4 is 10.9 Å². The molecule has 1 aromatic carbocycles. The SMILES string of the molecule is CNNC(=O)CCCc1ccc(Br)cc1. The van der Waals surface area contributed by atoms with E-state index < -0.39 is 0 Å². The van der Waals surface area contributed by atoms with E-state index in [0.29, 0.717) is 6.42 Å². The van der Waals surface area contributed by atoms with Gasteiger partial charge in [-0.1, -0.05) is 28.1 Å². The zero-order valence-corrected chi connectivity index (χ0v) is 10.3. The molecule has 0 unspecified atom stereocenters. The molecule has 0 fully saturated rings. The Morgan fingerprint density at radius 1 is 1.33 bits per heavy atom. The van der Waals surface area contributed by atoms with Gasteiger partial charge in [0, 0.05) is 17.9 Å². The number of aryl methyl sites for hydroxylation is 1. The monoisotopic (exact) mass is 270 g/mol. The summed E-state index contributed by atoms with van der Waals surface area (Å²) >= 11 is 3.38. The molecule has 0 spiro atoms. The van der Waals surface area contributed by atoms with Crippen molar-refractivity contribution in [2.75, 3.05) is 7.05 Å². The maximum absolute atomic E-state index is 11.1. The molecule has 0 heterocycles. The normalized spacial score (nSPS) is 10.0. The van der Waals surface area contributed by atoms with E-state index in [0.717, 1.165) is 17.3 Å². The minimum Gasteiger partial charge on any atom is -0.292 e. The smallest absolute Gasteiger partial charge is 0.234 e. The summed E-state index contributed by atoms with van der Waals surface area (Å²) in [5, 5.41) is 0. The van der Waals surface area contributed by atoms with E-state index in [2.05, 4.69) is 38.9 Å². The Labute approximate surface area is 98.4 Å². The lowest BCUT2D eigenvalue weighted by Crippen LogP contribution is -2.33. The average Bonchev–Trinajstić information content (AvgIpc) is 2.21. The first-order valence-electron chi connectivity index (χ1n) is 4.92. The molecule has 15 heavy (non-hydrogen) atoms. The van der Waals surface area contributed by atoms with E-state index in [1.807, 2.05) is 12.1 Å². The summed E-state index contributed by atoms with van der Waals surface area (Å²) in [5.41, 5.74) is 6.42. The Morgan fingerprint density at radius 2 is 2.00 bits per heavy atom. The zero-order valence-electron chi connectivity index (χ0n) is 8.72. The fraction of sp³-hybridized carbons (Fsp3) is 0.364. The lowest BCUT2D eigenvalue weighted by atomic mass is 10.1. The molecule has 3 nitrogen and oxygen atoms in total. The highest BCUT2D eigenvalue weighted by Gasteiger charge is 1.99. The van der Waals surface area contributed by atoms with E-state index in [4.69, 9.17) is 0 Å². The summed E-state index contributed by atoms with van der Waals surface area (Å²) in [7, 11) is 1.69. The van der Waals surface area contributed by atoms with Crippen molar-refractivity contribution in [1.29, 1.82) is 0 Å². The molecular weight excluding hydrogens is 256 g/mol. The van der Waals surface area contributed by atoms with Gasteiger partial charge in [-0.05, 0) is 30.5 Å². The number of hydrazine groups is 1. The summed E-state index contributed by atoms with van der Waals surface area (Å²) in [6.45, 7) is 0. The molecule has 1 amide bonds. The van der Waals surface area contributed by atoms with Crippen molar-refractivity contribution in [2.24, 2.45) is 0 Å². The summed E-state index contributed by atoms with van der Waals surface area (Å²) in [6.07, 6.45) is 2.36. The standard InChI is InChI=1S/C11H15BrN2O/c1-13-14-11(15)4-2-3-9-5-7-10(12)8-6-9/h5-8,13H,2-4H2,1H3,(H,14,15). The second-order valence-corrected chi connectivity index (χ2v) is 4.19. The number of benzene rings is 1. The molecule has 0 aliphatic carbocycles. The molecule has 0 atom stereocenters. The Kier molecular flexibility index (Phi) is 5.36. The summed E-state index contributed by atoms with van der Waals surface area (Å²) in [6, 6.07) is 8.17. The van der Waals surface area contributed by atoms with Crippen LogP contribution in [0, 0.1) is 0 Å². The van der Waals surface area contributed by atoms with E-state index in [1.165, 1.54) is 5.56 Å². The van der Waals surface area contributed by atoms with Crippen LogP contribution in [0.25, 0.3) is 0 Å². The van der Waals surface area contributed by atoms with E-state index in [1.54, 1.807) is 7.05 Å². The van der Waals surface area contributed by atoms with Crippen LogP contribution in [-0.2, 0) is 11.2 Å². The van der Waals surface area contributed by atoms with Crippen LogP contribution in [0.15, 0.2) is 28.7 Å². The lowest BCUT2D eigenvalue weighted by Gasteiger charge is -2.03. The van der Waals surface area contributed by atoms with Gasteiger partial charge in [-0.15, -0.1) is 0 Å². The maximum Gasteiger partial charge on any atom is 0.234 e. The Balaban J connectivity index is 2.26. The molecule has 4 heteroatoms. The number of hydrogen-bond acceptors (Lipinski definition) is 2. The van der Waals surface area contributed by atoms with Gasteiger partial charge in [0.25, 0.3) is 0 Å². The van der Waals surface area contributed by atoms with Crippen LogP contribution in [0.5, 0.6) is 0 Å². The van der Waals surface area contributed by atoms with Gasteiger partial charge in [-0.2, -0.15) is 0 Å². The predicted octanol–water partition coefficient (Wildman–Crippen LogP) is 2.02. The molecule has 0 radical (unpaired) electrons. The minimum absolute atomic E-state index is 0.0367. The highest BCUT2D eigenvalue weighted by atomic mass is 79.9. The molecule has 1 rings (SSSR count). The summed E-state index contributed by atoms with van der Waals surface area (Å²) < 4.78 is 1.08. The third-order valence-corrected chi connectivity index (χ3v) is 2.58. The van der Waals surface area contributed by atoms with Crippen LogP contribution in [0.1, 0.15) is 18.4 Å². The first kappa shape index (κ1) is 12.2. The van der Waals surface area contributed by atoms with Gasteiger partial charge in [0.15, 0.2) is 0 Å². The Hall–Kier alpha value is -0.870. The maximum atomic E-state index is 11.1. The van der Waals surface area contributed by atoms with Crippen LogP contribution in [-0.4, -0.2) is 13.0 Å². The number of carbonyl (C=O) groups excluding carboxylic acids is 1. The van der Waals surface area contributed by atoms with Crippen LogP contribution in [0.2, 0.25) is 0 Å². The van der Waals surface area contributed by atoms with Crippen molar-refractivity contribution in [2.45, 2.75) is 19.3 Å². The summed E-state index contributed by atoms with van der Waals surface area (Å²) in [4.78, 5) is 11.1. The highest BCUT2D eigenvalue weighted by Crippen LogP contribution is 2.12. The molecule has 82 valence electrons. The van der Waals surface area contributed by atoms with Gasteiger partial charge in [0.05, 0.1) is 0 Å². The second kappa shape index (κ2) is 6.58. The number of amides is 1. The summed E-state index contributed by atoms with van der Waals surface area (Å²) in [5.74, 6) is 0.0367. The van der Waals surface area contributed by atoms with E-state index in [9.17, 15) is 4.79 Å². The van der Waals surface area contributed by atoms with Gasteiger partial charge in [-0.25, -0.2) is 5.43 Å².